The van der Waals surface area contributed by atoms with Crippen LogP contribution in [0.15, 0.2) is 352 Å². The van der Waals surface area contributed by atoms with Crippen molar-refractivity contribution in [1.29, 1.82) is 5.26 Å². The van der Waals surface area contributed by atoms with E-state index in [0.717, 1.165) is 105 Å². The van der Waals surface area contributed by atoms with E-state index in [0.29, 0.717) is 5.56 Å². The molecule has 0 aliphatic rings. The molecule has 0 bridgehead atoms. The molecule has 0 fully saturated rings. The van der Waals surface area contributed by atoms with Gasteiger partial charge in [0.25, 0.3) is 0 Å². The Bertz CT molecular complexity index is 5470. The maximum atomic E-state index is 12.0. The minimum atomic E-state index is 0.614. The molecule has 18 aromatic rings. The molecule has 95 heavy (non-hydrogen) atoms. The average molecular weight is 1210 g/mol. The van der Waals surface area contributed by atoms with Crippen molar-refractivity contribution >= 4 is 65.4 Å². The molecule has 0 amide bonds. The van der Waals surface area contributed by atoms with Crippen molar-refractivity contribution in [2.75, 3.05) is 0 Å². The van der Waals surface area contributed by atoms with Crippen LogP contribution in [0.3, 0.4) is 0 Å². The fourth-order valence-electron chi connectivity index (χ4n) is 15.0. The first kappa shape index (κ1) is 55.1. The summed E-state index contributed by atoms with van der Waals surface area (Å²) in [6, 6.07) is 130. The molecule has 15 aromatic carbocycles. The Kier molecular flexibility index (Phi) is 13.2. The average Bonchev–Trinajstić information content (AvgIpc) is 1.64. The molecule has 0 N–H and O–H groups in total. The van der Waals surface area contributed by atoms with Crippen LogP contribution in [-0.4, -0.2) is 13.7 Å². The van der Waals surface area contributed by atoms with Crippen LogP contribution in [0, 0.1) is 11.3 Å². The summed E-state index contributed by atoms with van der Waals surface area (Å²) in [7, 11) is 0. The molecule has 0 atom stereocenters. The fourth-order valence-corrected chi connectivity index (χ4v) is 15.0. The monoisotopic (exact) mass is 1210 g/mol. The third kappa shape index (κ3) is 9.20. The Morgan fingerprint density at radius 2 is 0.411 bits per heavy atom. The molecule has 0 spiro atoms. The molecule has 0 radical (unpaired) electrons. The van der Waals surface area contributed by atoms with Crippen LogP contribution in [0.5, 0.6) is 0 Å². The number of hydrogen-bond acceptors (Lipinski definition) is 1. The summed E-state index contributed by atoms with van der Waals surface area (Å²) in [4.78, 5) is 0. The fraction of sp³-hybridized carbons (Fsp3) is 0. The van der Waals surface area contributed by atoms with Gasteiger partial charge in [-0.15, -0.1) is 0 Å². The lowest BCUT2D eigenvalue weighted by molar-refractivity contribution is 1.16. The van der Waals surface area contributed by atoms with Crippen LogP contribution < -0.4 is 0 Å². The first-order valence-corrected chi connectivity index (χ1v) is 32.4. The van der Waals surface area contributed by atoms with Crippen molar-refractivity contribution in [2.45, 2.75) is 0 Å². The molecule has 0 saturated carbocycles. The molecule has 0 unspecified atom stereocenters. The van der Waals surface area contributed by atoms with Gasteiger partial charge in [-0.3, -0.25) is 0 Å². The minimum Gasteiger partial charge on any atom is -0.309 e. The van der Waals surface area contributed by atoms with Crippen molar-refractivity contribution < 1.29 is 0 Å². The Morgan fingerprint density at radius 1 is 0.189 bits per heavy atom. The second-order valence-electron chi connectivity index (χ2n) is 24.6. The first-order chi connectivity index (χ1) is 47.1. The highest BCUT2D eigenvalue weighted by Gasteiger charge is 2.31. The number of nitriles is 1. The van der Waals surface area contributed by atoms with Gasteiger partial charge in [-0.05, 0) is 152 Å². The van der Waals surface area contributed by atoms with Gasteiger partial charge in [-0.1, -0.05) is 267 Å². The van der Waals surface area contributed by atoms with Gasteiger partial charge in [0.2, 0.25) is 0 Å². The highest BCUT2D eigenvalue weighted by molar-refractivity contribution is 6.18. The molecule has 4 nitrogen and oxygen atoms in total. The number of fused-ring (bicyclic) bond motifs is 9. The number of rotatable bonds is 11. The number of hydrogen-bond donors (Lipinski definition) is 0. The Hall–Kier alpha value is -12.8. The first-order valence-electron chi connectivity index (χ1n) is 32.4. The third-order valence-corrected chi connectivity index (χ3v) is 19.3. The lowest BCUT2D eigenvalue weighted by Gasteiger charge is -2.27. The van der Waals surface area contributed by atoms with Crippen LogP contribution in [0.4, 0.5) is 0 Å². The minimum absolute atomic E-state index is 0.614. The molecule has 0 saturated heterocycles. The summed E-state index contributed by atoms with van der Waals surface area (Å²) in [6.07, 6.45) is 0. The van der Waals surface area contributed by atoms with Crippen LogP contribution in [0.2, 0.25) is 0 Å². The molecule has 3 heterocycles. The molecule has 18 rings (SSSR count). The summed E-state index contributed by atoms with van der Waals surface area (Å²) < 4.78 is 7.46. The topological polar surface area (TPSA) is 38.6 Å². The summed E-state index contributed by atoms with van der Waals surface area (Å²) >= 11 is 0. The molecule has 0 aliphatic carbocycles. The van der Waals surface area contributed by atoms with Gasteiger partial charge in [0.05, 0.1) is 44.4 Å². The van der Waals surface area contributed by atoms with Gasteiger partial charge in [0.15, 0.2) is 0 Å². The van der Waals surface area contributed by atoms with Crippen LogP contribution in [0.25, 0.3) is 171 Å². The largest absolute Gasteiger partial charge is 0.309 e. The van der Waals surface area contributed by atoms with Gasteiger partial charge in [0.1, 0.15) is 6.07 Å². The smallest absolute Gasteiger partial charge is 0.100 e. The zero-order valence-electron chi connectivity index (χ0n) is 51.8. The van der Waals surface area contributed by atoms with E-state index in [1.54, 1.807) is 0 Å². The van der Waals surface area contributed by atoms with Gasteiger partial charge in [0, 0.05) is 65.9 Å². The third-order valence-electron chi connectivity index (χ3n) is 19.3. The Labute approximate surface area is 550 Å². The highest BCUT2D eigenvalue weighted by atomic mass is 15.0. The van der Waals surface area contributed by atoms with Crippen LogP contribution in [0.1, 0.15) is 5.56 Å². The standard InChI is InChI=1S/C91H58N4/c92-59-80-87(64-33-17-5-18-34-64)89(66-37-21-7-22-38-66)91(90(67-39-23-8-24-40-67)88(80)65-35-19-6-20-36-65)95-85-51-45-72(93-81-47-41-68(60-25-9-1-10-26-60)53-74(81)75-54-69(42-48-82(75)93)61-27-11-2-12-28-61)57-78(85)79-58-73(46-52-86(79)95)94-83-49-43-70(62-29-13-3-14-30-62)55-76(83)77-56-71(44-50-84(77)94)63-31-15-4-16-32-63/h1-58H. The molecular weight excluding hydrogens is 1150 g/mol. The molecule has 442 valence electrons. The second-order valence-corrected chi connectivity index (χ2v) is 24.6. The lowest BCUT2D eigenvalue weighted by atomic mass is 9.79. The Balaban J connectivity index is 0.985. The van der Waals surface area contributed by atoms with E-state index < -0.39 is 0 Å². The SMILES string of the molecule is N#Cc1c(-c2ccccc2)c(-c2ccccc2)c(-n2c3ccc(-n4c5ccc(-c6ccccc6)cc5c5cc(-c6ccccc6)ccc54)cc3c3cc(-n4c5ccc(-c6ccccc6)cc5c5cc(-c6ccccc6)ccc54)ccc32)c(-c2ccccc2)c1-c1ccccc1. The summed E-state index contributed by atoms with van der Waals surface area (Å²) in [5.74, 6) is 0. The maximum absolute atomic E-state index is 12.0. The van der Waals surface area contributed by atoms with E-state index in [9.17, 15) is 5.26 Å². The summed E-state index contributed by atoms with van der Waals surface area (Å²) in [6.45, 7) is 0. The van der Waals surface area contributed by atoms with Crippen molar-refractivity contribution in [2.24, 2.45) is 0 Å². The van der Waals surface area contributed by atoms with Crippen LogP contribution >= 0.6 is 0 Å². The zero-order chi connectivity index (χ0) is 62.9. The van der Waals surface area contributed by atoms with Crippen molar-refractivity contribution in [1.82, 2.24) is 13.7 Å². The van der Waals surface area contributed by atoms with Gasteiger partial charge < -0.3 is 13.7 Å². The number of nitrogens with zero attached hydrogens (tertiary/aromatic N) is 4. The van der Waals surface area contributed by atoms with E-state index in [-0.39, 0.29) is 0 Å². The van der Waals surface area contributed by atoms with E-state index in [2.05, 4.69) is 372 Å². The lowest BCUT2D eigenvalue weighted by Crippen LogP contribution is -2.07. The van der Waals surface area contributed by atoms with Crippen molar-refractivity contribution in [3.8, 4) is 112 Å². The van der Waals surface area contributed by atoms with Crippen LogP contribution in [-0.2, 0) is 0 Å². The van der Waals surface area contributed by atoms with E-state index in [4.69, 9.17) is 0 Å². The molecule has 4 heteroatoms. The van der Waals surface area contributed by atoms with Gasteiger partial charge >= 0.3 is 0 Å². The number of benzene rings is 15. The van der Waals surface area contributed by atoms with Crippen molar-refractivity contribution in [3.63, 3.8) is 0 Å². The highest BCUT2D eigenvalue weighted by Crippen LogP contribution is 2.53. The quantitative estimate of drug-likeness (QED) is 0.127. The van der Waals surface area contributed by atoms with E-state index >= 15 is 0 Å². The Morgan fingerprint density at radius 3 is 0.674 bits per heavy atom. The van der Waals surface area contributed by atoms with Gasteiger partial charge in [-0.2, -0.15) is 5.26 Å². The number of aromatic nitrogens is 3. The predicted octanol–water partition coefficient (Wildman–Crippen LogP) is 24.2. The molecule has 3 aromatic heterocycles. The van der Waals surface area contributed by atoms with Crippen molar-refractivity contribution in [3.05, 3.63) is 357 Å². The van der Waals surface area contributed by atoms with Gasteiger partial charge in [-0.25, -0.2) is 0 Å². The molecular formula is C91H58N4. The second kappa shape index (κ2) is 22.8. The van der Waals surface area contributed by atoms with E-state index in [1.165, 1.54) is 66.1 Å². The van der Waals surface area contributed by atoms with E-state index in [1.807, 2.05) is 0 Å². The zero-order valence-corrected chi connectivity index (χ0v) is 51.8. The summed E-state index contributed by atoms with van der Waals surface area (Å²) in [5.41, 5.74) is 27.2. The summed E-state index contributed by atoms with van der Waals surface area (Å²) in [5, 5.41) is 18.9. The maximum Gasteiger partial charge on any atom is 0.100 e. The normalized spacial score (nSPS) is 11.6. The molecule has 0 aliphatic heterocycles. The predicted molar refractivity (Wildman–Crippen MR) is 398 cm³/mol.